The number of hydrogen-bond acceptors (Lipinski definition) is 2. The first-order valence-corrected chi connectivity index (χ1v) is 13.9. The first-order chi connectivity index (χ1) is 15.2. The number of unbranched alkanes of at least 4 members (excludes halogenated alkanes) is 15. The standard InChI is InChI=1S/C28H55N2O/c1-4-6-7-8-9-10-11-12-13-14-15-16-17-18-19-20-21-22-23-24-28-29-25-26-30(28,5-2)27(3)31/h20-21,25,27-28,31H,4-19,22-24,26H2,1-3H3/q+1/b21-20+. The maximum atomic E-state index is 10.2. The number of hydrogen-bond donors (Lipinski definition) is 1. The summed E-state index contributed by atoms with van der Waals surface area (Å²) in [5.74, 6) is 0. The largest absolute Gasteiger partial charge is 0.345 e. The van der Waals surface area contributed by atoms with E-state index in [0.29, 0.717) is 0 Å². The molecule has 1 aliphatic heterocycles. The van der Waals surface area contributed by atoms with Crippen LogP contribution in [0.4, 0.5) is 0 Å². The molecule has 0 radical (unpaired) electrons. The average molecular weight is 436 g/mol. The first-order valence-electron chi connectivity index (χ1n) is 13.9. The zero-order valence-corrected chi connectivity index (χ0v) is 21.4. The van der Waals surface area contributed by atoms with Crippen LogP contribution in [-0.4, -0.2) is 41.3 Å². The molecule has 3 nitrogen and oxygen atoms in total. The highest BCUT2D eigenvalue weighted by Crippen LogP contribution is 2.26. The van der Waals surface area contributed by atoms with E-state index >= 15 is 0 Å². The van der Waals surface area contributed by atoms with Crippen LogP contribution < -0.4 is 0 Å². The van der Waals surface area contributed by atoms with Crippen molar-refractivity contribution in [2.24, 2.45) is 4.99 Å². The van der Waals surface area contributed by atoms with Gasteiger partial charge in [-0.05, 0) is 32.6 Å². The van der Waals surface area contributed by atoms with Crippen LogP contribution in [0.1, 0.15) is 136 Å². The zero-order valence-electron chi connectivity index (χ0n) is 21.4. The molecule has 0 fully saturated rings. The smallest absolute Gasteiger partial charge is 0.189 e. The Morgan fingerprint density at radius 2 is 1.29 bits per heavy atom. The quantitative estimate of drug-likeness (QED) is 0.110. The van der Waals surface area contributed by atoms with Gasteiger partial charge >= 0.3 is 0 Å². The van der Waals surface area contributed by atoms with Crippen molar-refractivity contribution >= 4 is 6.21 Å². The molecule has 182 valence electrons. The normalized spacial score (nSPS) is 22.0. The summed E-state index contributed by atoms with van der Waals surface area (Å²) in [7, 11) is 0. The number of aliphatic hydroxyl groups excluding tert-OH is 1. The summed E-state index contributed by atoms with van der Waals surface area (Å²) < 4.78 is 0.725. The van der Waals surface area contributed by atoms with Gasteiger partial charge < -0.3 is 5.11 Å². The second-order valence-corrected chi connectivity index (χ2v) is 9.83. The molecule has 0 spiro atoms. The molecule has 0 aromatic rings. The minimum Gasteiger partial charge on any atom is -0.345 e. The SMILES string of the molecule is CCCCCCCCCCCCCCCC/C=C/CCCC1N=CC[N+]1(CC)C(C)O. The van der Waals surface area contributed by atoms with Gasteiger partial charge in [-0.25, -0.2) is 4.99 Å². The Morgan fingerprint density at radius 1 is 0.806 bits per heavy atom. The molecule has 1 N–H and O–H groups in total. The van der Waals surface area contributed by atoms with E-state index in [4.69, 9.17) is 0 Å². The number of aliphatic hydroxyl groups is 1. The second kappa shape index (κ2) is 18.9. The van der Waals surface area contributed by atoms with Gasteiger partial charge in [0.25, 0.3) is 0 Å². The molecule has 31 heavy (non-hydrogen) atoms. The third-order valence-corrected chi connectivity index (χ3v) is 7.35. The number of nitrogens with zero attached hydrogens (tertiary/aromatic N) is 2. The van der Waals surface area contributed by atoms with Crippen LogP contribution in [0.2, 0.25) is 0 Å². The van der Waals surface area contributed by atoms with Crippen molar-refractivity contribution < 1.29 is 9.59 Å². The van der Waals surface area contributed by atoms with Crippen molar-refractivity contribution in [1.29, 1.82) is 0 Å². The lowest BCUT2D eigenvalue weighted by molar-refractivity contribution is -0.976. The number of rotatable bonds is 21. The van der Waals surface area contributed by atoms with Gasteiger partial charge in [-0.1, -0.05) is 103 Å². The van der Waals surface area contributed by atoms with Crippen LogP contribution in [0.5, 0.6) is 0 Å². The summed E-state index contributed by atoms with van der Waals surface area (Å²) >= 11 is 0. The lowest BCUT2D eigenvalue weighted by atomic mass is 10.0. The van der Waals surface area contributed by atoms with Gasteiger partial charge in [0.15, 0.2) is 12.4 Å². The van der Waals surface area contributed by atoms with E-state index in [1.807, 2.05) is 13.1 Å². The molecule has 3 heteroatoms. The van der Waals surface area contributed by atoms with Crippen LogP contribution in [-0.2, 0) is 0 Å². The Morgan fingerprint density at radius 3 is 1.77 bits per heavy atom. The number of quaternary nitrogens is 1. The van der Waals surface area contributed by atoms with Crippen LogP contribution in [0.3, 0.4) is 0 Å². The van der Waals surface area contributed by atoms with Crippen molar-refractivity contribution in [3.8, 4) is 0 Å². The fraction of sp³-hybridized carbons (Fsp3) is 0.893. The lowest BCUT2D eigenvalue weighted by Crippen LogP contribution is -2.57. The minimum atomic E-state index is -0.326. The molecule has 1 heterocycles. The summed E-state index contributed by atoms with van der Waals surface area (Å²) in [6, 6.07) is 0. The van der Waals surface area contributed by atoms with E-state index in [9.17, 15) is 5.11 Å². The summed E-state index contributed by atoms with van der Waals surface area (Å²) in [4.78, 5) is 4.66. The molecule has 0 aromatic heterocycles. The molecule has 0 saturated heterocycles. The first kappa shape index (κ1) is 28.4. The van der Waals surface area contributed by atoms with Crippen molar-refractivity contribution in [1.82, 2.24) is 0 Å². The maximum Gasteiger partial charge on any atom is 0.189 e. The summed E-state index contributed by atoms with van der Waals surface area (Å²) in [5, 5.41) is 10.2. The van der Waals surface area contributed by atoms with Crippen molar-refractivity contribution in [2.75, 3.05) is 13.1 Å². The Labute approximate surface area is 195 Å². The molecule has 3 unspecified atom stereocenters. The molecule has 1 rings (SSSR count). The van der Waals surface area contributed by atoms with Crippen molar-refractivity contribution in [3.63, 3.8) is 0 Å². The number of aliphatic imine (C=N–C) groups is 1. The van der Waals surface area contributed by atoms with Crippen LogP contribution >= 0.6 is 0 Å². The predicted octanol–water partition coefficient (Wildman–Crippen LogP) is 8.17. The van der Waals surface area contributed by atoms with Gasteiger partial charge in [-0.3, -0.25) is 4.48 Å². The van der Waals surface area contributed by atoms with E-state index in [0.717, 1.165) is 30.4 Å². The topological polar surface area (TPSA) is 32.6 Å². The third-order valence-electron chi connectivity index (χ3n) is 7.35. The maximum absolute atomic E-state index is 10.2. The van der Waals surface area contributed by atoms with Gasteiger partial charge in [0, 0.05) is 13.3 Å². The Kier molecular flexibility index (Phi) is 17.3. The van der Waals surface area contributed by atoms with E-state index in [1.165, 1.54) is 103 Å². The fourth-order valence-corrected chi connectivity index (χ4v) is 5.02. The average Bonchev–Trinajstić information content (AvgIpc) is 3.19. The van der Waals surface area contributed by atoms with Crippen molar-refractivity contribution in [2.45, 2.75) is 149 Å². The van der Waals surface area contributed by atoms with Gasteiger partial charge in [0.1, 0.15) is 6.54 Å². The monoisotopic (exact) mass is 435 g/mol. The summed E-state index contributed by atoms with van der Waals surface area (Å²) in [6.07, 6.45) is 31.3. The van der Waals surface area contributed by atoms with Crippen LogP contribution in [0.25, 0.3) is 0 Å². The highest BCUT2D eigenvalue weighted by molar-refractivity contribution is 5.60. The Balaban J connectivity index is 1.86. The molecule has 0 bridgehead atoms. The van der Waals surface area contributed by atoms with E-state index in [2.05, 4.69) is 31.0 Å². The van der Waals surface area contributed by atoms with Gasteiger partial charge in [0.05, 0.1) is 12.8 Å². The number of allylic oxidation sites excluding steroid dienone is 2. The van der Waals surface area contributed by atoms with Gasteiger partial charge in [0.2, 0.25) is 0 Å². The summed E-state index contributed by atoms with van der Waals surface area (Å²) in [5.41, 5.74) is 0. The Hall–Kier alpha value is -0.670. The molecular weight excluding hydrogens is 380 g/mol. The summed E-state index contributed by atoms with van der Waals surface area (Å²) in [6.45, 7) is 8.22. The highest BCUT2D eigenvalue weighted by atomic mass is 16.3. The molecule has 0 aliphatic carbocycles. The van der Waals surface area contributed by atoms with Gasteiger partial charge in [-0.15, -0.1) is 0 Å². The predicted molar refractivity (Wildman–Crippen MR) is 138 cm³/mol. The van der Waals surface area contributed by atoms with E-state index in [-0.39, 0.29) is 12.4 Å². The highest BCUT2D eigenvalue weighted by Gasteiger charge is 2.41. The van der Waals surface area contributed by atoms with Gasteiger partial charge in [-0.2, -0.15) is 0 Å². The lowest BCUT2D eigenvalue weighted by Gasteiger charge is -2.40. The van der Waals surface area contributed by atoms with Crippen LogP contribution in [0, 0.1) is 0 Å². The fourth-order valence-electron chi connectivity index (χ4n) is 5.02. The molecule has 0 saturated carbocycles. The Bertz CT molecular complexity index is 460. The van der Waals surface area contributed by atoms with E-state index in [1.54, 1.807) is 0 Å². The minimum absolute atomic E-state index is 0.254. The van der Waals surface area contributed by atoms with E-state index < -0.39 is 0 Å². The molecular formula is C28H55N2O+. The molecule has 0 aromatic carbocycles. The molecule has 0 amide bonds. The third kappa shape index (κ3) is 12.2. The zero-order chi connectivity index (χ0) is 22.6. The molecule has 1 aliphatic rings. The van der Waals surface area contributed by atoms with Crippen LogP contribution in [0.15, 0.2) is 17.1 Å². The van der Waals surface area contributed by atoms with Crippen molar-refractivity contribution in [3.05, 3.63) is 12.2 Å². The second-order valence-electron chi connectivity index (χ2n) is 9.83. The molecule has 3 atom stereocenters.